The number of para-hydroxylation sites is 1. The van der Waals surface area contributed by atoms with Crippen LogP contribution in [0.3, 0.4) is 0 Å². The van der Waals surface area contributed by atoms with Gasteiger partial charge >= 0.3 is 0 Å². The minimum absolute atomic E-state index is 0.479. The Hall–Kier alpha value is -2.44. The largest absolute Gasteiger partial charge is 0.497 e. The standard InChI is InChI=1S/C15H17N5O/c1-21-13-8-6-12(7-9-13)10-19(16)11-20-15-5-3-2-4-14(15)17-18-20/h2-9H,10-11,16H2,1H3. The molecule has 2 aromatic carbocycles. The number of rotatable bonds is 5. The van der Waals surface area contributed by atoms with Crippen molar-refractivity contribution in [3.05, 3.63) is 54.1 Å². The molecule has 0 bridgehead atoms. The van der Waals surface area contributed by atoms with Crippen LogP contribution in [-0.4, -0.2) is 27.1 Å². The third-order valence-electron chi connectivity index (χ3n) is 3.28. The lowest BCUT2D eigenvalue weighted by molar-refractivity contribution is 0.205. The lowest BCUT2D eigenvalue weighted by atomic mass is 10.2. The van der Waals surface area contributed by atoms with Crippen LogP contribution in [0.25, 0.3) is 11.0 Å². The quantitative estimate of drug-likeness (QED) is 0.571. The first-order valence-corrected chi connectivity index (χ1v) is 6.67. The fourth-order valence-corrected chi connectivity index (χ4v) is 2.21. The van der Waals surface area contributed by atoms with Gasteiger partial charge in [-0.25, -0.2) is 9.69 Å². The van der Waals surface area contributed by atoms with E-state index in [2.05, 4.69) is 10.3 Å². The molecule has 0 aliphatic heterocycles. The third-order valence-corrected chi connectivity index (χ3v) is 3.28. The van der Waals surface area contributed by atoms with Gasteiger partial charge in [0.25, 0.3) is 0 Å². The van der Waals surface area contributed by atoms with Crippen LogP contribution in [0.4, 0.5) is 0 Å². The maximum absolute atomic E-state index is 6.07. The number of benzene rings is 2. The molecule has 0 fully saturated rings. The van der Waals surface area contributed by atoms with Gasteiger partial charge < -0.3 is 4.74 Å². The van der Waals surface area contributed by atoms with Crippen LogP contribution in [0.2, 0.25) is 0 Å². The maximum atomic E-state index is 6.07. The molecular weight excluding hydrogens is 266 g/mol. The minimum Gasteiger partial charge on any atom is -0.497 e. The summed E-state index contributed by atoms with van der Waals surface area (Å²) in [5, 5.41) is 9.94. The van der Waals surface area contributed by atoms with Gasteiger partial charge in [-0.15, -0.1) is 5.10 Å². The lowest BCUT2D eigenvalue weighted by Crippen LogP contribution is -2.32. The van der Waals surface area contributed by atoms with E-state index in [1.54, 1.807) is 16.8 Å². The van der Waals surface area contributed by atoms with Gasteiger partial charge in [-0.05, 0) is 29.8 Å². The molecule has 108 valence electrons. The molecule has 2 N–H and O–H groups in total. The minimum atomic E-state index is 0.479. The van der Waals surface area contributed by atoms with Crippen LogP contribution in [0.5, 0.6) is 5.75 Å². The van der Waals surface area contributed by atoms with E-state index in [4.69, 9.17) is 10.6 Å². The molecule has 1 heterocycles. The topological polar surface area (TPSA) is 69.2 Å². The second-order valence-corrected chi connectivity index (χ2v) is 4.81. The van der Waals surface area contributed by atoms with Crippen molar-refractivity contribution in [1.82, 2.24) is 20.0 Å². The summed E-state index contributed by atoms with van der Waals surface area (Å²) >= 11 is 0. The summed E-state index contributed by atoms with van der Waals surface area (Å²) in [7, 11) is 1.65. The Morgan fingerprint density at radius 2 is 1.90 bits per heavy atom. The average molecular weight is 283 g/mol. The molecule has 0 aliphatic rings. The average Bonchev–Trinajstić information content (AvgIpc) is 2.91. The molecule has 3 aromatic rings. The Balaban J connectivity index is 1.69. The first-order chi connectivity index (χ1) is 10.3. The summed E-state index contributed by atoms with van der Waals surface area (Å²) in [6.07, 6.45) is 0. The molecule has 0 saturated carbocycles. The van der Waals surface area contributed by atoms with Crippen molar-refractivity contribution >= 4 is 11.0 Å². The van der Waals surface area contributed by atoms with Crippen molar-refractivity contribution in [2.24, 2.45) is 5.84 Å². The summed E-state index contributed by atoms with van der Waals surface area (Å²) in [5.41, 5.74) is 2.96. The molecule has 3 rings (SSSR count). The molecule has 0 atom stereocenters. The normalized spacial score (nSPS) is 11.2. The van der Waals surface area contributed by atoms with Crippen LogP contribution in [0, 0.1) is 0 Å². The molecule has 0 spiro atoms. The zero-order valence-corrected chi connectivity index (χ0v) is 11.8. The van der Waals surface area contributed by atoms with Crippen LogP contribution in [0.1, 0.15) is 5.56 Å². The maximum Gasteiger partial charge on any atom is 0.118 e. The molecule has 0 aliphatic carbocycles. The van der Waals surface area contributed by atoms with E-state index in [0.717, 1.165) is 22.3 Å². The van der Waals surface area contributed by atoms with Crippen LogP contribution in [0.15, 0.2) is 48.5 Å². The van der Waals surface area contributed by atoms with Gasteiger partial charge in [0.05, 0.1) is 12.6 Å². The van der Waals surface area contributed by atoms with Gasteiger partial charge in [0.2, 0.25) is 0 Å². The molecule has 6 nitrogen and oxygen atoms in total. The van der Waals surface area contributed by atoms with Crippen LogP contribution >= 0.6 is 0 Å². The molecule has 0 amide bonds. The van der Waals surface area contributed by atoms with Crippen molar-refractivity contribution in [2.45, 2.75) is 13.2 Å². The van der Waals surface area contributed by atoms with E-state index in [1.165, 1.54) is 0 Å². The second-order valence-electron chi connectivity index (χ2n) is 4.81. The number of hydrogen-bond donors (Lipinski definition) is 1. The Bertz CT molecular complexity index is 722. The fraction of sp³-hybridized carbons (Fsp3) is 0.200. The van der Waals surface area contributed by atoms with Crippen LogP contribution < -0.4 is 10.6 Å². The predicted octanol–water partition coefficient (Wildman–Crippen LogP) is 1.77. The predicted molar refractivity (Wildman–Crippen MR) is 80.3 cm³/mol. The van der Waals surface area contributed by atoms with Crippen molar-refractivity contribution in [3.63, 3.8) is 0 Å². The van der Waals surface area contributed by atoms with Gasteiger partial charge in [0.15, 0.2) is 0 Å². The van der Waals surface area contributed by atoms with Gasteiger partial charge in [0, 0.05) is 6.54 Å². The zero-order valence-electron chi connectivity index (χ0n) is 11.8. The molecular formula is C15H17N5O. The summed E-state index contributed by atoms with van der Waals surface area (Å²) in [4.78, 5) is 0. The van der Waals surface area contributed by atoms with E-state index >= 15 is 0 Å². The number of hydrogen-bond acceptors (Lipinski definition) is 5. The fourth-order valence-electron chi connectivity index (χ4n) is 2.21. The molecule has 0 radical (unpaired) electrons. The Morgan fingerprint density at radius 1 is 1.14 bits per heavy atom. The highest BCUT2D eigenvalue weighted by atomic mass is 16.5. The number of fused-ring (bicyclic) bond motifs is 1. The van der Waals surface area contributed by atoms with Crippen LogP contribution in [-0.2, 0) is 13.2 Å². The number of nitrogens with zero attached hydrogens (tertiary/aromatic N) is 4. The lowest BCUT2D eigenvalue weighted by Gasteiger charge is -2.16. The highest BCUT2D eigenvalue weighted by Gasteiger charge is 2.07. The number of methoxy groups -OCH3 is 1. The SMILES string of the molecule is COc1ccc(CN(N)Cn2nnc3ccccc32)cc1. The monoisotopic (exact) mass is 283 g/mol. The smallest absolute Gasteiger partial charge is 0.118 e. The third kappa shape index (κ3) is 3.01. The molecule has 0 unspecified atom stereocenters. The summed E-state index contributed by atoms with van der Waals surface area (Å²) in [6, 6.07) is 15.7. The van der Waals surface area contributed by atoms with Gasteiger partial charge in [-0.2, -0.15) is 0 Å². The van der Waals surface area contributed by atoms with Crippen molar-refractivity contribution in [3.8, 4) is 5.75 Å². The highest BCUT2D eigenvalue weighted by Crippen LogP contribution is 2.13. The Kier molecular flexibility index (Phi) is 3.81. The Labute approximate surface area is 122 Å². The highest BCUT2D eigenvalue weighted by molar-refractivity contribution is 5.73. The molecule has 1 aromatic heterocycles. The zero-order chi connectivity index (χ0) is 14.7. The van der Waals surface area contributed by atoms with Gasteiger partial charge in [-0.1, -0.05) is 29.5 Å². The second kappa shape index (κ2) is 5.90. The first kappa shape index (κ1) is 13.5. The first-order valence-electron chi connectivity index (χ1n) is 6.67. The van der Waals surface area contributed by atoms with Crippen molar-refractivity contribution in [1.29, 1.82) is 0 Å². The molecule has 0 saturated heterocycles. The van der Waals surface area contributed by atoms with E-state index in [0.29, 0.717) is 13.2 Å². The van der Waals surface area contributed by atoms with E-state index in [9.17, 15) is 0 Å². The van der Waals surface area contributed by atoms with Gasteiger partial charge in [0.1, 0.15) is 17.9 Å². The van der Waals surface area contributed by atoms with Crippen molar-refractivity contribution < 1.29 is 4.74 Å². The summed E-state index contributed by atoms with van der Waals surface area (Å²) in [5.74, 6) is 6.91. The molecule has 21 heavy (non-hydrogen) atoms. The number of ether oxygens (including phenoxy) is 1. The number of nitrogens with two attached hydrogens (primary N) is 1. The van der Waals surface area contributed by atoms with E-state index < -0.39 is 0 Å². The van der Waals surface area contributed by atoms with Crippen molar-refractivity contribution in [2.75, 3.05) is 7.11 Å². The Morgan fingerprint density at radius 3 is 2.67 bits per heavy atom. The number of hydrazine groups is 1. The van der Waals surface area contributed by atoms with E-state index in [1.807, 2.05) is 48.5 Å². The number of aromatic nitrogens is 3. The summed E-state index contributed by atoms with van der Waals surface area (Å²) < 4.78 is 6.93. The molecule has 6 heteroatoms. The van der Waals surface area contributed by atoms with Gasteiger partial charge in [-0.3, -0.25) is 5.84 Å². The summed E-state index contributed by atoms with van der Waals surface area (Å²) in [6.45, 7) is 1.10. The van der Waals surface area contributed by atoms with E-state index in [-0.39, 0.29) is 0 Å².